The molecule has 0 saturated heterocycles. The summed E-state index contributed by atoms with van der Waals surface area (Å²) >= 11 is 0. The molecule has 0 aromatic heterocycles. The molecule has 3 unspecified atom stereocenters. The Bertz CT molecular complexity index is 270. The minimum Gasteiger partial charge on any atom is -0.480 e. The quantitative estimate of drug-likeness (QED) is 0.676. The third kappa shape index (κ3) is 4.28. The molecule has 100 valence electrons. The van der Waals surface area contributed by atoms with Crippen molar-refractivity contribution < 1.29 is 9.90 Å². The number of hydrogen-bond acceptors (Lipinski definition) is 3. The molecule has 0 heterocycles. The molecule has 1 aliphatic carbocycles. The molecular weight excluding hydrogens is 216 g/mol. The van der Waals surface area contributed by atoms with Gasteiger partial charge in [0.2, 0.25) is 0 Å². The number of aliphatic carboxylic acids is 1. The molecule has 0 bridgehead atoms. The van der Waals surface area contributed by atoms with Gasteiger partial charge in [-0.1, -0.05) is 13.8 Å². The standard InChI is InChI=1S/C13H26N2O2/c1-5-14-13(3,12(16)17)6-7-15(4)9-11-8-10(11)2/h10-11,14H,5-9H2,1-4H3,(H,16,17). The lowest BCUT2D eigenvalue weighted by molar-refractivity contribution is -0.144. The number of carboxylic acids is 1. The van der Waals surface area contributed by atoms with Crippen LogP contribution in [0.5, 0.6) is 0 Å². The van der Waals surface area contributed by atoms with Crippen LogP contribution in [0.1, 0.15) is 33.6 Å². The number of carboxylic acid groups (broad SMARTS) is 1. The van der Waals surface area contributed by atoms with Crippen LogP contribution in [0.2, 0.25) is 0 Å². The zero-order chi connectivity index (χ0) is 13.1. The lowest BCUT2D eigenvalue weighted by Crippen LogP contribution is -2.51. The average Bonchev–Trinajstić information content (AvgIpc) is 2.91. The van der Waals surface area contributed by atoms with E-state index in [0.29, 0.717) is 13.0 Å². The molecule has 4 nitrogen and oxygen atoms in total. The maximum atomic E-state index is 11.2. The minimum atomic E-state index is -0.793. The number of rotatable bonds is 8. The number of likely N-dealkylation sites (N-methyl/N-ethyl adjacent to an activating group) is 1. The van der Waals surface area contributed by atoms with Gasteiger partial charge in [-0.3, -0.25) is 4.79 Å². The highest BCUT2D eigenvalue weighted by molar-refractivity contribution is 5.78. The Morgan fingerprint density at radius 1 is 1.59 bits per heavy atom. The van der Waals surface area contributed by atoms with Gasteiger partial charge in [-0.25, -0.2) is 0 Å². The Morgan fingerprint density at radius 2 is 2.18 bits per heavy atom. The van der Waals surface area contributed by atoms with Crippen LogP contribution in [-0.2, 0) is 4.79 Å². The summed E-state index contributed by atoms with van der Waals surface area (Å²) in [6.07, 6.45) is 1.97. The van der Waals surface area contributed by atoms with E-state index >= 15 is 0 Å². The summed E-state index contributed by atoms with van der Waals surface area (Å²) in [6.45, 7) is 8.61. The van der Waals surface area contributed by atoms with Crippen molar-refractivity contribution in [2.45, 2.75) is 39.2 Å². The maximum Gasteiger partial charge on any atom is 0.323 e. The second kappa shape index (κ2) is 5.83. The minimum absolute atomic E-state index is 0.647. The predicted molar refractivity (Wildman–Crippen MR) is 69.1 cm³/mol. The van der Waals surface area contributed by atoms with Gasteiger partial charge in [0.05, 0.1) is 0 Å². The van der Waals surface area contributed by atoms with Crippen molar-refractivity contribution in [1.29, 1.82) is 0 Å². The van der Waals surface area contributed by atoms with E-state index in [1.54, 1.807) is 6.92 Å². The van der Waals surface area contributed by atoms with Gasteiger partial charge in [0.15, 0.2) is 0 Å². The number of carbonyl (C=O) groups is 1. The summed E-state index contributed by atoms with van der Waals surface area (Å²) in [4.78, 5) is 13.5. The highest BCUT2D eigenvalue weighted by Gasteiger charge is 2.35. The van der Waals surface area contributed by atoms with Crippen molar-refractivity contribution in [2.24, 2.45) is 11.8 Å². The van der Waals surface area contributed by atoms with Crippen molar-refractivity contribution in [1.82, 2.24) is 10.2 Å². The largest absolute Gasteiger partial charge is 0.480 e. The normalized spacial score (nSPS) is 26.9. The van der Waals surface area contributed by atoms with Crippen molar-refractivity contribution in [3.8, 4) is 0 Å². The van der Waals surface area contributed by atoms with Gasteiger partial charge in [0.1, 0.15) is 5.54 Å². The summed E-state index contributed by atoms with van der Waals surface area (Å²) < 4.78 is 0. The second-order valence-electron chi connectivity index (χ2n) is 5.65. The Balaban J connectivity index is 2.32. The van der Waals surface area contributed by atoms with E-state index in [0.717, 1.165) is 24.9 Å². The highest BCUT2D eigenvalue weighted by atomic mass is 16.4. The Labute approximate surface area is 104 Å². The van der Waals surface area contributed by atoms with E-state index in [4.69, 9.17) is 0 Å². The fourth-order valence-corrected chi connectivity index (χ4v) is 2.22. The maximum absolute atomic E-state index is 11.2. The number of nitrogens with zero attached hydrogens (tertiary/aromatic N) is 1. The molecule has 1 rings (SSSR count). The lowest BCUT2D eigenvalue weighted by atomic mass is 9.97. The molecule has 3 atom stereocenters. The second-order valence-corrected chi connectivity index (χ2v) is 5.65. The van der Waals surface area contributed by atoms with Crippen LogP contribution >= 0.6 is 0 Å². The van der Waals surface area contributed by atoms with Gasteiger partial charge in [-0.15, -0.1) is 0 Å². The van der Waals surface area contributed by atoms with Crippen molar-refractivity contribution in [3.63, 3.8) is 0 Å². The van der Waals surface area contributed by atoms with E-state index in [2.05, 4.69) is 24.2 Å². The molecule has 0 radical (unpaired) electrons. The van der Waals surface area contributed by atoms with Gasteiger partial charge in [-0.2, -0.15) is 0 Å². The predicted octanol–water partition coefficient (Wildman–Crippen LogP) is 1.42. The summed E-state index contributed by atoms with van der Waals surface area (Å²) in [5.41, 5.74) is -0.793. The van der Waals surface area contributed by atoms with Gasteiger partial charge in [0, 0.05) is 13.1 Å². The molecule has 4 heteroatoms. The summed E-state index contributed by atoms with van der Waals surface area (Å²) in [7, 11) is 2.08. The van der Waals surface area contributed by atoms with Crippen LogP contribution in [0.15, 0.2) is 0 Å². The number of hydrogen-bond donors (Lipinski definition) is 2. The molecule has 0 aromatic rings. The molecule has 1 fully saturated rings. The third-order valence-corrected chi connectivity index (χ3v) is 3.85. The molecule has 0 amide bonds. The highest BCUT2D eigenvalue weighted by Crippen LogP contribution is 2.37. The SMILES string of the molecule is CCNC(C)(CCN(C)CC1CC1C)C(=O)O. The first-order valence-corrected chi connectivity index (χ1v) is 6.56. The van der Waals surface area contributed by atoms with Crippen LogP contribution in [-0.4, -0.2) is 48.2 Å². The Morgan fingerprint density at radius 3 is 2.59 bits per heavy atom. The van der Waals surface area contributed by atoms with Crippen molar-refractivity contribution >= 4 is 5.97 Å². The Hall–Kier alpha value is -0.610. The van der Waals surface area contributed by atoms with Crippen LogP contribution in [0.4, 0.5) is 0 Å². The molecule has 0 aliphatic heterocycles. The summed E-state index contributed by atoms with van der Waals surface area (Å²) in [5, 5.41) is 12.3. The zero-order valence-electron chi connectivity index (χ0n) is 11.5. The van der Waals surface area contributed by atoms with E-state index in [1.165, 1.54) is 6.42 Å². The first kappa shape index (κ1) is 14.5. The first-order chi connectivity index (χ1) is 7.89. The average molecular weight is 242 g/mol. The van der Waals surface area contributed by atoms with Crippen LogP contribution in [0.25, 0.3) is 0 Å². The van der Waals surface area contributed by atoms with Gasteiger partial charge in [0.25, 0.3) is 0 Å². The van der Waals surface area contributed by atoms with E-state index in [9.17, 15) is 9.90 Å². The molecular formula is C13H26N2O2. The van der Waals surface area contributed by atoms with Crippen LogP contribution < -0.4 is 5.32 Å². The smallest absolute Gasteiger partial charge is 0.323 e. The van der Waals surface area contributed by atoms with E-state index in [-0.39, 0.29) is 0 Å². The summed E-state index contributed by atoms with van der Waals surface area (Å²) in [6, 6.07) is 0. The van der Waals surface area contributed by atoms with Gasteiger partial charge < -0.3 is 15.3 Å². The van der Waals surface area contributed by atoms with Gasteiger partial charge >= 0.3 is 5.97 Å². The van der Waals surface area contributed by atoms with E-state index < -0.39 is 11.5 Å². The Kier molecular flexibility index (Phi) is 4.95. The molecule has 2 N–H and O–H groups in total. The summed E-state index contributed by atoms with van der Waals surface area (Å²) in [5.74, 6) is 0.930. The first-order valence-electron chi connectivity index (χ1n) is 6.56. The molecule has 17 heavy (non-hydrogen) atoms. The van der Waals surface area contributed by atoms with Crippen LogP contribution in [0.3, 0.4) is 0 Å². The third-order valence-electron chi connectivity index (χ3n) is 3.85. The molecule has 1 saturated carbocycles. The number of nitrogens with one attached hydrogen (secondary N) is 1. The monoisotopic (exact) mass is 242 g/mol. The van der Waals surface area contributed by atoms with E-state index in [1.807, 2.05) is 6.92 Å². The van der Waals surface area contributed by atoms with Crippen LogP contribution in [0, 0.1) is 11.8 Å². The topological polar surface area (TPSA) is 52.6 Å². The van der Waals surface area contributed by atoms with Crippen molar-refractivity contribution in [2.75, 3.05) is 26.7 Å². The zero-order valence-corrected chi connectivity index (χ0v) is 11.5. The molecule has 0 spiro atoms. The lowest BCUT2D eigenvalue weighted by Gasteiger charge is -2.28. The fraction of sp³-hybridized carbons (Fsp3) is 0.923. The van der Waals surface area contributed by atoms with Gasteiger partial charge in [-0.05, 0) is 45.2 Å². The molecule has 0 aromatic carbocycles. The molecule has 1 aliphatic rings. The fourth-order valence-electron chi connectivity index (χ4n) is 2.22. The van der Waals surface area contributed by atoms with Crippen molar-refractivity contribution in [3.05, 3.63) is 0 Å².